The van der Waals surface area contributed by atoms with E-state index >= 15 is 0 Å². The number of nitrogens with one attached hydrogen (secondary N) is 1. The molecule has 0 aliphatic carbocycles. The molecule has 0 atom stereocenters. The van der Waals surface area contributed by atoms with Crippen molar-refractivity contribution >= 4 is 34.3 Å². The summed E-state index contributed by atoms with van der Waals surface area (Å²) in [6, 6.07) is 18.5. The first kappa shape index (κ1) is 18.3. The molecule has 0 saturated heterocycles. The van der Waals surface area contributed by atoms with Crippen LogP contribution in [0.15, 0.2) is 65.1 Å². The Bertz CT molecular complexity index is 1110. The smallest absolute Gasteiger partial charge is 0.255 e. The lowest BCUT2D eigenvalue weighted by atomic mass is 10.1. The van der Waals surface area contributed by atoms with Gasteiger partial charge in [-0.2, -0.15) is 0 Å². The van der Waals surface area contributed by atoms with Crippen LogP contribution in [0.2, 0.25) is 5.02 Å². The lowest BCUT2D eigenvalue weighted by Crippen LogP contribution is -2.11. The third kappa shape index (κ3) is 3.92. The van der Waals surface area contributed by atoms with Crippen molar-refractivity contribution in [3.8, 4) is 0 Å². The number of nitrogens with zero attached hydrogens (tertiary/aromatic N) is 1. The van der Waals surface area contributed by atoms with Gasteiger partial charge in [0.2, 0.25) is 0 Å². The van der Waals surface area contributed by atoms with Gasteiger partial charge in [0.1, 0.15) is 5.52 Å². The number of rotatable bonds is 4. The summed E-state index contributed by atoms with van der Waals surface area (Å²) in [6.07, 6.45) is 0.595. The van der Waals surface area contributed by atoms with Crippen molar-refractivity contribution in [1.82, 2.24) is 4.98 Å². The Morgan fingerprint density at radius 3 is 2.39 bits per heavy atom. The van der Waals surface area contributed by atoms with E-state index in [1.165, 1.54) is 11.1 Å². The third-order valence-corrected chi connectivity index (χ3v) is 4.97. The molecule has 1 amide bonds. The van der Waals surface area contributed by atoms with Gasteiger partial charge in [-0.25, -0.2) is 4.98 Å². The molecule has 0 spiro atoms. The number of aryl methyl sites for hydroxylation is 2. The van der Waals surface area contributed by atoms with E-state index in [4.69, 9.17) is 16.0 Å². The van der Waals surface area contributed by atoms with Crippen LogP contribution >= 0.6 is 11.6 Å². The highest BCUT2D eigenvalue weighted by molar-refractivity contribution is 6.30. The van der Waals surface area contributed by atoms with E-state index in [0.29, 0.717) is 22.9 Å². The number of hydrogen-bond donors (Lipinski definition) is 1. The minimum absolute atomic E-state index is 0.172. The first-order valence-corrected chi connectivity index (χ1v) is 9.38. The van der Waals surface area contributed by atoms with E-state index in [-0.39, 0.29) is 5.91 Å². The predicted molar refractivity (Wildman–Crippen MR) is 112 cm³/mol. The molecule has 4 nitrogen and oxygen atoms in total. The van der Waals surface area contributed by atoms with Crippen molar-refractivity contribution in [2.45, 2.75) is 20.3 Å². The quantitative estimate of drug-likeness (QED) is 0.469. The predicted octanol–water partition coefficient (Wildman–Crippen LogP) is 5.94. The van der Waals surface area contributed by atoms with Crippen LogP contribution in [-0.4, -0.2) is 10.9 Å². The number of oxazole rings is 1. The molecular formula is C23H19ClN2O2. The van der Waals surface area contributed by atoms with Gasteiger partial charge in [-0.15, -0.1) is 0 Å². The fourth-order valence-corrected chi connectivity index (χ4v) is 3.11. The third-order valence-electron chi connectivity index (χ3n) is 4.72. The second-order valence-electron chi connectivity index (χ2n) is 6.85. The van der Waals surface area contributed by atoms with Gasteiger partial charge >= 0.3 is 0 Å². The van der Waals surface area contributed by atoms with E-state index in [1.54, 1.807) is 24.3 Å². The Labute approximate surface area is 168 Å². The van der Waals surface area contributed by atoms with Gasteiger partial charge < -0.3 is 9.73 Å². The van der Waals surface area contributed by atoms with Gasteiger partial charge in [0.25, 0.3) is 5.91 Å². The van der Waals surface area contributed by atoms with Crippen LogP contribution in [0, 0.1) is 13.8 Å². The Balaban J connectivity index is 1.46. The number of fused-ring (bicyclic) bond motifs is 1. The van der Waals surface area contributed by atoms with Crippen LogP contribution in [0.5, 0.6) is 0 Å². The molecule has 0 bridgehead atoms. The van der Waals surface area contributed by atoms with E-state index in [2.05, 4.69) is 24.1 Å². The normalized spacial score (nSPS) is 11.0. The maximum atomic E-state index is 12.3. The van der Waals surface area contributed by atoms with Crippen molar-refractivity contribution in [2.75, 3.05) is 5.32 Å². The molecule has 4 aromatic rings. The van der Waals surface area contributed by atoms with Gasteiger partial charge in [0.15, 0.2) is 11.5 Å². The Kier molecular flexibility index (Phi) is 4.88. The standard InChI is InChI=1S/C23H19ClN2O2/c1-14-11-20-21(12-15(14)2)28-22(26-20)13-16-3-9-19(10-4-16)25-23(27)17-5-7-18(24)8-6-17/h3-12H,13H2,1-2H3,(H,25,27). The monoisotopic (exact) mass is 390 g/mol. The van der Waals surface area contributed by atoms with Crippen molar-refractivity contribution in [3.63, 3.8) is 0 Å². The number of benzene rings is 3. The molecule has 1 N–H and O–H groups in total. The Hall–Kier alpha value is -3.11. The molecule has 5 heteroatoms. The van der Waals surface area contributed by atoms with Gasteiger partial charge in [-0.1, -0.05) is 23.7 Å². The van der Waals surface area contributed by atoms with E-state index in [9.17, 15) is 4.79 Å². The van der Waals surface area contributed by atoms with Gasteiger partial charge in [-0.3, -0.25) is 4.79 Å². The zero-order valence-electron chi connectivity index (χ0n) is 15.6. The molecule has 3 aromatic carbocycles. The number of anilines is 1. The largest absolute Gasteiger partial charge is 0.440 e. The minimum atomic E-state index is -0.172. The van der Waals surface area contributed by atoms with Crippen molar-refractivity contribution in [3.05, 3.63) is 93.8 Å². The van der Waals surface area contributed by atoms with Crippen molar-refractivity contribution in [2.24, 2.45) is 0 Å². The van der Waals surface area contributed by atoms with Crippen molar-refractivity contribution < 1.29 is 9.21 Å². The lowest BCUT2D eigenvalue weighted by Gasteiger charge is -2.06. The minimum Gasteiger partial charge on any atom is -0.440 e. The van der Waals surface area contributed by atoms with E-state index in [0.717, 1.165) is 22.4 Å². The molecule has 0 saturated carbocycles. The molecule has 0 radical (unpaired) electrons. The van der Waals surface area contributed by atoms with Crippen LogP contribution in [-0.2, 0) is 6.42 Å². The molecule has 4 rings (SSSR count). The summed E-state index contributed by atoms with van der Waals surface area (Å²) >= 11 is 5.86. The van der Waals surface area contributed by atoms with E-state index in [1.807, 2.05) is 36.4 Å². The average molecular weight is 391 g/mol. The maximum absolute atomic E-state index is 12.3. The first-order chi connectivity index (χ1) is 13.5. The average Bonchev–Trinajstić information content (AvgIpc) is 3.05. The number of carbonyl (C=O) groups excluding carboxylic acids is 1. The Morgan fingerprint density at radius 1 is 1.00 bits per heavy atom. The molecule has 0 unspecified atom stereocenters. The van der Waals surface area contributed by atoms with Crippen molar-refractivity contribution in [1.29, 1.82) is 0 Å². The molecule has 0 aliphatic heterocycles. The summed E-state index contributed by atoms with van der Waals surface area (Å²) in [5.74, 6) is 0.507. The summed E-state index contributed by atoms with van der Waals surface area (Å²) in [7, 11) is 0. The summed E-state index contributed by atoms with van der Waals surface area (Å²) in [6.45, 7) is 4.13. The molecule has 140 valence electrons. The fraction of sp³-hybridized carbons (Fsp3) is 0.130. The SMILES string of the molecule is Cc1cc2nc(Cc3ccc(NC(=O)c4ccc(Cl)cc4)cc3)oc2cc1C. The first-order valence-electron chi connectivity index (χ1n) is 9.00. The fourth-order valence-electron chi connectivity index (χ4n) is 2.99. The molecule has 1 aromatic heterocycles. The number of aromatic nitrogens is 1. The molecular weight excluding hydrogens is 372 g/mol. The molecule has 1 heterocycles. The number of halogens is 1. The van der Waals surface area contributed by atoms with Crippen LogP contribution in [0.1, 0.15) is 32.9 Å². The van der Waals surface area contributed by atoms with Crippen LogP contribution in [0.4, 0.5) is 5.69 Å². The molecule has 0 aliphatic rings. The van der Waals surface area contributed by atoms with Gasteiger partial charge in [0.05, 0.1) is 0 Å². The summed E-state index contributed by atoms with van der Waals surface area (Å²) in [5.41, 5.74) is 6.43. The Morgan fingerprint density at radius 2 is 1.68 bits per heavy atom. The zero-order chi connectivity index (χ0) is 19.7. The second kappa shape index (κ2) is 7.49. The number of amides is 1. The van der Waals surface area contributed by atoms with Gasteiger partial charge in [0, 0.05) is 22.7 Å². The lowest BCUT2D eigenvalue weighted by molar-refractivity contribution is 0.102. The zero-order valence-corrected chi connectivity index (χ0v) is 16.4. The highest BCUT2D eigenvalue weighted by atomic mass is 35.5. The number of hydrogen-bond acceptors (Lipinski definition) is 3. The maximum Gasteiger partial charge on any atom is 0.255 e. The number of carbonyl (C=O) groups is 1. The summed E-state index contributed by atoms with van der Waals surface area (Å²) in [5, 5.41) is 3.48. The summed E-state index contributed by atoms with van der Waals surface area (Å²) in [4.78, 5) is 16.9. The van der Waals surface area contributed by atoms with E-state index < -0.39 is 0 Å². The highest BCUT2D eigenvalue weighted by Crippen LogP contribution is 2.22. The van der Waals surface area contributed by atoms with Crippen LogP contribution in [0.3, 0.4) is 0 Å². The highest BCUT2D eigenvalue weighted by Gasteiger charge is 2.09. The topological polar surface area (TPSA) is 55.1 Å². The second-order valence-corrected chi connectivity index (χ2v) is 7.28. The van der Waals surface area contributed by atoms with Gasteiger partial charge in [-0.05, 0) is 79.1 Å². The molecule has 0 fully saturated rings. The summed E-state index contributed by atoms with van der Waals surface area (Å²) < 4.78 is 5.88. The van der Waals surface area contributed by atoms with Crippen LogP contribution in [0.25, 0.3) is 11.1 Å². The molecule has 28 heavy (non-hydrogen) atoms. The van der Waals surface area contributed by atoms with Crippen LogP contribution < -0.4 is 5.32 Å².